The number of amides is 2. The van der Waals surface area contributed by atoms with Gasteiger partial charge in [-0.25, -0.2) is 4.79 Å². The molecule has 0 radical (unpaired) electrons. The maximum Gasteiger partial charge on any atom is 0.315 e. The van der Waals surface area contributed by atoms with Crippen molar-refractivity contribution in [2.75, 3.05) is 13.2 Å². The minimum absolute atomic E-state index is 0.0304. The number of carboxylic acid groups (broad SMARTS) is 1. The average molecular weight is 258 g/mol. The standard InChI is InChI=1S/C12H22N2O4/c1-8(2)18-6-5-13-12(17)14-10-4-3-9(7-10)11(15)16/h8-10H,3-7H2,1-2H3,(H,15,16)(H2,13,14,17). The van der Waals surface area contributed by atoms with Gasteiger partial charge < -0.3 is 20.5 Å². The third-order valence-corrected chi connectivity index (χ3v) is 2.96. The van der Waals surface area contributed by atoms with Crippen molar-refractivity contribution in [2.45, 2.75) is 45.3 Å². The molecule has 1 aliphatic rings. The van der Waals surface area contributed by atoms with Gasteiger partial charge in [0.05, 0.1) is 18.6 Å². The molecule has 1 rings (SSSR count). The summed E-state index contributed by atoms with van der Waals surface area (Å²) in [6.07, 6.45) is 2.04. The van der Waals surface area contributed by atoms with E-state index >= 15 is 0 Å². The first-order valence-electron chi connectivity index (χ1n) is 6.37. The highest BCUT2D eigenvalue weighted by Crippen LogP contribution is 2.25. The number of carbonyl (C=O) groups is 2. The molecule has 1 fully saturated rings. The van der Waals surface area contributed by atoms with Crippen LogP contribution < -0.4 is 10.6 Å². The van der Waals surface area contributed by atoms with Gasteiger partial charge >= 0.3 is 12.0 Å². The van der Waals surface area contributed by atoms with Crippen LogP contribution in [0.5, 0.6) is 0 Å². The molecule has 0 spiro atoms. The summed E-state index contributed by atoms with van der Waals surface area (Å²) in [6.45, 7) is 4.81. The van der Waals surface area contributed by atoms with Crippen LogP contribution in [0.15, 0.2) is 0 Å². The molecule has 1 saturated carbocycles. The van der Waals surface area contributed by atoms with Gasteiger partial charge in [-0.2, -0.15) is 0 Å². The van der Waals surface area contributed by atoms with Crippen molar-refractivity contribution in [1.82, 2.24) is 10.6 Å². The lowest BCUT2D eigenvalue weighted by molar-refractivity contribution is -0.141. The SMILES string of the molecule is CC(C)OCCNC(=O)NC1CCC(C(=O)O)C1. The lowest BCUT2D eigenvalue weighted by Gasteiger charge is -2.14. The molecular formula is C12H22N2O4. The van der Waals surface area contributed by atoms with E-state index in [1.807, 2.05) is 13.8 Å². The monoisotopic (exact) mass is 258 g/mol. The summed E-state index contributed by atoms with van der Waals surface area (Å²) in [5, 5.41) is 14.3. The van der Waals surface area contributed by atoms with Gasteiger partial charge in [-0.15, -0.1) is 0 Å². The van der Waals surface area contributed by atoms with E-state index in [9.17, 15) is 9.59 Å². The fourth-order valence-electron chi connectivity index (χ4n) is 2.03. The number of nitrogens with one attached hydrogen (secondary N) is 2. The molecule has 6 heteroatoms. The molecule has 1 aliphatic carbocycles. The highest BCUT2D eigenvalue weighted by Gasteiger charge is 2.30. The topological polar surface area (TPSA) is 87.7 Å². The third kappa shape index (κ3) is 5.35. The van der Waals surface area contributed by atoms with Gasteiger partial charge in [0.1, 0.15) is 0 Å². The summed E-state index contributed by atoms with van der Waals surface area (Å²) < 4.78 is 5.29. The molecule has 6 nitrogen and oxygen atoms in total. The average Bonchev–Trinajstić information content (AvgIpc) is 2.72. The smallest absolute Gasteiger partial charge is 0.315 e. The lowest BCUT2D eigenvalue weighted by atomic mass is 10.1. The normalized spacial score (nSPS) is 23.1. The summed E-state index contributed by atoms with van der Waals surface area (Å²) in [5.41, 5.74) is 0. The van der Waals surface area contributed by atoms with Crippen molar-refractivity contribution >= 4 is 12.0 Å². The Kier molecular flexibility index (Phi) is 5.91. The number of carbonyl (C=O) groups excluding carboxylic acids is 1. The Labute approximate surface area is 107 Å². The minimum Gasteiger partial charge on any atom is -0.481 e. The van der Waals surface area contributed by atoms with Crippen LogP contribution in [0.2, 0.25) is 0 Å². The maximum absolute atomic E-state index is 11.5. The van der Waals surface area contributed by atoms with E-state index in [1.165, 1.54) is 0 Å². The van der Waals surface area contributed by atoms with Crippen molar-refractivity contribution < 1.29 is 19.4 Å². The first kappa shape index (κ1) is 14.8. The number of urea groups is 1. The third-order valence-electron chi connectivity index (χ3n) is 2.96. The minimum atomic E-state index is -0.773. The number of ether oxygens (including phenoxy) is 1. The van der Waals surface area contributed by atoms with Crippen LogP contribution in [0.3, 0.4) is 0 Å². The Balaban J connectivity index is 2.12. The molecule has 0 aromatic rings. The number of hydrogen-bond donors (Lipinski definition) is 3. The van der Waals surface area contributed by atoms with Crippen molar-refractivity contribution in [3.05, 3.63) is 0 Å². The van der Waals surface area contributed by atoms with E-state index in [4.69, 9.17) is 9.84 Å². The molecule has 0 bridgehead atoms. The molecule has 0 aromatic carbocycles. The van der Waals surface area contributed by atoms with Crippen LogP contribution in [0.1, 0.15) is 33.1 Å². The fraction of sp³-hybridized carbons (Fsp3) is 0.833. The number of aliphatic carboxylic acids is 1. The van der Waals surface area contributed by atoms with E-state index in [1.54, 1.807) is 0 Å². The Hall–Kier alpha value is -1.30. The lowest BCUT2D eigenvalue weighted by Crippen LogP contribution is -2.42. The van der Waals surface area contributed by atoms with E-state index < -0.39 is 5.97 Å². The second-order valence-electron chi connectivity index (χ2n) is 4.86. The molecule has 2 amide bonds. The van der Waals surface area contributed by atoms with Gasteiger partial charge in [0, 0.05) is 12.6 Å². The Morgan fingerprint density at radius 1 is 1.39 bits per heavy atom. The highest BCUT2D eigenvalue weighted by atomic mass is 16.5. The second-order valence-corrected chi connectivity index (χ2v) is 4.86. The summed E-state index contributed by atoms with van der Waals surface area (Å²) >= 11 is 0. The zero-order valence-electron chi connectivity index (χ0n) is 10.9. The molecule has 2 atom stereocenters. The first-order valence-corrected chi connectivity index (χ1v) is 6.37. The second kappa shape index (κ2) is 7.20. The van der Waals surface area contributed by atoms with Crippen LogP contribution in [-0.4, -0.2) is 42.4 Å². The largest absolute Gasteiger partial charge is 0.481 e. The molecule has 18 heavy (non-hydrogen) atoms. The van der Waals surface area contributed by atoms with Crippen LogP contribution in [0.25, 0.3) is 0 Å². The molecule has 0 aliphatic heterocycles. The number of rotatable bonds is 6. The fourth-order valence-corrected chi connectivity index (χ4v) is 2.03. The van der Waals surface area contributed by atoms with E-state index in [2.05, 4.69) is 10.6 Å². The predicted octanol–water partition coefficient (Wildman–Crippen LogP) is 0.964. The summed E-state index contributed by atoms with van der Waals surface area (Å²) in [6, 6.07) is -0.282. The van der Waals surface area contributed by atoms with Gasteiger partial charge in [0.2, 0.25) is 0 Å². The van der Waals surface area contributed by atoms with Crippen LogP contribution in [-0.2, 0) is 9.53 Å². The van der Waals surface area contributed by atoms with E-state index in [-0.39, 0.29) is 24.1 Å². The van der Waals surface area contributed by atoms with Crippen molar-refractivity contribution in [3.63, 3.8) is 0 Å². The van der Waals surface area contributed by atoms with E-state index in [0.717, 1.165) is 6.42 Å². The number of hydrogen-bond acceptors (Lipinski definition) is 3. The molecule has 3 N–H and O–H groups in total. The molecule has 0 aromatic heterocycles. The van der Waals surface area contributed by atoms with Crippen molar-refractivity contribution in [3.8, 4) is 0 Å². The summed E-state index contributed by atoms with van der Waals surface area (Å²) in [5.74, 6) is -1.09. The molecule has 0 saturated heterocycles. The van der Waals surface area contributed by atoms with Crippen LogP contribution in [0.4, 0.5) is 4.79 Å². The van der Waals surface area contributed by atoms with Crippen molar-refractivity contribution in [2.24, 2.45) is 5.92 Å². The first-order chi connectivity index (χ1) is 8.49. The zero-order chi connectivity index (χ0) is 13.5. The molecule has 0 heterocycles. The Bertz CT molecular complexity index is 294. The van der Waals surface area contributed by atoms with Crippen molar-refractivity contribution in [1.29, 1.82) is 0 Å². The van der Waals surface area contributed by atoms with Gasteiger partial charge in [-0.3, -0.25) is 4.79 Å². The quantitative estimate of drug-likeness (QED) is 0.619. The Morgan fingerprint density at radius 2 is 2.11 bits per heavy atom. The molecule has 2 unspecified atom stereocenters. The van der Waals surface area contributed by atoms with Crippen LogP contribution >= 0.6 is 0 Å². The van der Waals surface area contributed by atoms with Gasteiger partial charge in [0.15, 0.2) is 0 Å². The van der Waals surface area contributed by atoms with Gasteiger partial charge in [-0.05, 0) is 33.1 Å². The maximum atomic E-state index is 11.5. The molecule has 104 valence electrons. The number of carboxylic acids is 1. The van der Waals surface area contributed by atoms with E-state index in [0.29, 0.717) is 26.0 Å². The van der Waals surface area contributed by atoms with Gasteiger partial charge in [-0.1, -0.05) is 0 Å². The zero-order valence-corrected chi connectivity index (χ0v) is 10.9. The summed E-state index contributed by atoms with van der Waals surface area (Å²) in [7, 11) is 0. The van der Waals surface area contributed by atoms with Gasteiger partial charge in [0.25, 0.3) is 0 Å². The molecular weight excluding hydrogens is 236 g/mol. The highest BCUT2D eigenvalue weighted by molar-refractivity contribution is 5.75. The summed E-state index contributed by atoms with van der Waals surface area (Å²) in [4.78, 5) is 22.3. The Morgan fingerprint density at radius 3 is 2.67 bits per heavy atom. The van der Waals surface area contributed by atoms with Crippen LogP contribution in [0, 0.1) is 5.92 Å². The predicted molar refractivity (Wildman–Crippen MR) is 66.4 cm³/mol.